The standard InChI is InChI=1S/C9H13F2O2P/c1-4-7-13-14(12,8(10)5-2)9(11)6-3/h4-6,8-9H,1-3,7H2. The van der Waals surface area contributed by atoms with Crippen molar-refractivity contribution < 1.29 is 17.9 Å². The average Bonchev–Trinajstić information content (AvgIpc) is 2.23. The zero-order valence-corrected chi connectivity index (χ0v) is 8.63. The Kier molecular flexibility index (Phi) is 5.58. The Labute approximate surface area is 82.4 Å². The summed E-state index contributed by atoms with van der Waals surface area (Å²) in [5, 5.41) is 0. The molecular weight excluding hydrogens is 209 g/mol. The van der Waals surface area contributed by atoms with E-state index in [1.807, 2.05) is 0 Å². The highest BCUT2D eigenvalue weighted by Gasteiger charge is 2.39. The molecule has 0 heterocycles. The summed E-state index contributed by atoms with van der Waals surface area (Å²) >= 11 is 0. The van der Waals surface area contributed by atoms with Crippen LogP contribution in [0.4, 0.5) is 8.78 Å². The Morgan fingerprint density at radius 3 is 1.93 bits per heavy atom. The molecule has 80 valence electrons. The molecule has 0 rings (SSSR count). The Hall–Kier alpha value is -0.730. The molecule has 0 radical (unpaired) electrons. The minimum Gasteiger partial charge on any atom is -0.320 e. The van der Waals surface area contributed by atoms with Crippen LogP contribution in [0.3, 0.4) is 0 Å². The molecule has 0 spiro atoms. The second-order valence-electron chi connectivity index (χ2n) is 2.45. The molecular formula is C9H13F2O2P. The number of hydrogen-bond acceptors (Lipinski definition) is 2. The predicted molar refractivity (Wildman–Crippen MR) is 53.9 cm³/mol. The van der Waals surface area contributed by atoms with E-state index < -0.39 is 19.2 Å². The molecule has 0 aromatic carbocycles. The van der Waals surface area contributed by atoms with E-state index in [4.69, 9.17) is 0 Å². The number of hydrogen-bond donors (Lipinski definition) is 0. The molecule has 0 bridgehead atoms. The summed E-state index contributed by atoms with van der Waals surface area (Å²) in [5.41, 5.74) is 0. The normalized spacial score (nSPS) is 19.0. The zero-order chi connectivity index (χ0) is 11.2. The van der Waals surface area contributed by atoms with E-state index in [-0.39, 0.29) is 6.61 Å². The van der Waals surface area contributed by atoms with E-state index in [0.29, 0.717) is 0 Å². The lowest BCUT2D eigenvalue weighted by Crippen LogP contribution is -2.11. The molecule has 2 atom stereocenters. The molecule has 14 heavy (non-hydrogen) atoms. The summed E-state index contributed by atoms with van der Waals surface area (Å²) in [5.74, 6) is -4.06. The zero-order valence-electron chi connectivity index (χ0n) is 7.73. The fourth-order valence-corrected chi connectivity index (χ4v) is 2.22. The average molecular weight is 222 g/mol. The van der Waals surface area contributed by atoms with Gasteiger partial charge in [0.1, 0.15) is 0 Å². The summed E-state index contributed by atoms with van der Waals surface area (Å²) in [6.07, 6.45) is 2.76. The molecule has 0 aromatic heterocycles. The molecule has 0 aromatic rings. The highest BCUT2D eigenvalue weighted by atomic mass is 31.2. The third-order valence-corrected chi connectivity index (χ3v) is 3.82. The summed E-state index contributed by atoms with van der Waals surface area (Å²) in [6, 6.07) is 0. The van der Waals surface area contributed by atoms with Gasteiger partial charge >= 0.3 is 0 Å². The number of halogens is 2. The first-order valence-corrected chi connectivity index (χ1v) is 5.67. The fraction of sp³-hybridized carbons (Fsp3) is 0.333. The van der Waals surface area contributed by atoms with Gasteiger partial charge in [0.05, 0.1) is 6.61 Å². The van der Waals surface area contributed by atoms with Crippen LogP contribution in [0.2, 0.25) is 0 Å². The first kappa shape index (κ1) is 13.3. The van der Waals surface area contributed by atoms with Crippen LogP contribution < -0.4 is 0 Å². The van der Waals surface area contributed by atoms with Crippen molar-refractivity contribution in [1.29, 1.82) is 0 Å². The number of allylic oxidation sites excluding steroid dienone is 2. The van der Waals surface area contributed by atoms with Crippen LogP contribution in [0.5, 0.6) is 0 Å². The van der Waals surface area contributed by atoms with Gasteiger partial charge in [-0.3, -0.25) is 4.57 Å². The Morgan fingerprint density at radius 1 is 1.21 bits per heavy atom. The lowest BCUT2D eigenvalue weighted by molar-refractivity contribution is 0.294. The van der Waals surface area contributed by atoms with Crippen LogP contribution in [0.1, 0.15) is 0 Å². The van der Waals surface area contributed by atoms with Crippen molar-refractivity contribution in [2.45, 2.75) is 11.8 Å². The molecule has 5 heteroatoms. The maximum Gasteiger partial charge on any atom is 0.277 e. The highest BCUT2D eigenvalue weighted by Crippen LogP contribution is 2.58. The Morgan fingerprint density at radius 2 is 1.64 bits per heavy atom. The van der Waals surface area contributed by atoms with E-state index >= 15 is 0 Å². The second-order valence-corrected chi connectivity index (χ2v) is 4.98. The summed E-state index contributed by atoms with van der Waals surface area (Å²) in [7, 11) is -4.06. The minimum absolute atomic E-state index is 0.181. The molecule has 2 unspecified atom stereocenters. The molecule has 2 nitrogen and oxygen atoms in total. The van der Waals surface area contributed by atoms with Gasteiger partial charge < -0.3 is 4.52 Å². The van der Waals surface area contributed by atoms with Crippen LogP contribution in [-0.4, -0.2) is 18.4 Å². The first-order valence-electron chi connectivity index (χ1n) is 3.91. The quantitative estimate of drug-likeness (QED) is 0.487. The summed E-state index contributed by atoms with van der Waals surface area (Å²) < 4.78 is 42.5. The van der Waals surface area contributed by atoms with Gasteiger partial charge in [0, 0.05) is 0 Å². The molecule has 0 fully saturated rings. The van der Waals surface area contributed by atoms with Crippen LogP contribution >= 0.6 is 7.37 Å². The minimum atomic E-state index is -4.06. The van der Waals surface area contributed by atoms with Crippen molar-refractivity contribution in [2.75, 3.05) is 6.61 Å². The van der Waals surface area contributed by atoms with E-state index in [2.05, 4.69) is 24.3 Å². The van der Waals surface area contributed by atoms with Gasteiger partial charge in [-0.2, -0.15) is 0 Å². The van der Waals surface area contributed by atoms with Gasteiger partial charge in [0.25, 0.3) is 7.37 Å². The highest BCUT2D eigenvalue weighted by molar-refractivity contribution is 7.60. The van der Waals surface area contributed by atoms with Crippen molar-refractivity contribution >= 4 is 7.37 Å². The van der Waals surface area contributed by atoms with Crippen LogP contribution in [0.25, 0.3) is 0 Å². The predicted octanol–water partition coefficient (Wildman–Crippen LogP) is 3.43. The van der Waals surface area contributed by atoms with Gasteiger partial charge in [-0.25, -0.2) is 8.78 Å². The van der Waals surface area contributed by atoms with Crippen molar-refractivity contribution in [3.63, 3.8) is 0 Å². The topological polar surface area (TPSA) is 26.3 Å². The summed E-state index contributed by atoms with van der Waals surface area (Å²) in [4.78, 5) is 0. The number of rotatable bonds is 7. The van der Waals surface area contributed by atoms with Crippen LogP contribution in [0.15, 0.2) is 38.0 Å². The molecule has 0 saturated carbocycles. The Balaban J connectivity index is 4.82. The fourth-order valence-electron chi connectivity index (χ4n) is 0.742. The van der Waals surface area contributed by atoms with Crippen molar-refractivity contribution in [2.24, 2.45) is 0 Å². The van der Waals surface area contributed by atoms with Crippen molar-refractivity contribution in [1.82, 2.24) is 0 Å². The van der Waals surface area contributed by atoms with Gasteiger partial charge in [0.2, 0.25) is 0 Å². The molecule has 0 N–H and O–H groups in total. The molecule has 0 saturated heterocycles. The molecule has 0 aliphatic carbocycles. The molecule has 0 amide bonds. The lowest BCUT2D eigenvalue weighted by Gasteiger charge is -2.20. The third-order valence-electron chi connectivity index (χ3n) is 1.47. The third kappa shape index (κ3) is 2.89. The van der Waals surface area contributed by atoms with E-state index in [1.165, 1.54) is 6.08 Å². The number of alkyl halides is 2. The van der Waals surface area contributed by atoms with E-state index in [0.717, 1.165) is 12.2 Å². The largest absolute Gasteiger partial charge is 0.320 e. The van der Waals surface area contributed by atoms with Crippen LogP contribution in [0, 0.1) is 0 Å². The van der Waals surface area contributed by atoms with Crippen LogP contribution in [-0.2, 0) is 9.09 Å². The van der Waals surface area contributed by atoms with Gasteiger partial charge in [-0.05, 0) is 12.2 Å². The lowest BCUT2D eigenvalue weighted by atomic mass is 10.7. The van der Waals surface area contributed by atoms with Crippen molar-refractivity contribution in [3.8, 4) is 0 Å². The van der Waals surface area contributed by atoms with Gasteiger partial charge in [-0.1, -0.05) is 19.2 Å². The SMILES string of the molecule is C=CCOP(=O)(C(F)C=C)C(F)C=C. The van der Waals surface area contributed by atoms with Gasteiger partial charge in [0.15, 0.2) is 11.8 Å². The Bertz CT molecular complexity index is 248. The monoisotopic (exact) mass is 222 g/mol. The molecule has 0 aliphatic heterocycles. The second kappa shape index (κ2) is 5.89. The van der Waals surface area contributed by atoms with E-state index in [9.17, 15) is 13.3 Å². The maximum atomic E-state index is 13.1. The van der Waals surface area contributed by atoms with Crippen molar-refractivity contribution in [3.05, 3.63) is 38.0 Å². The summed E-state index contributed by atoms with van der Waals surface area (Å²) in [6.45, 7) is 9.31. The molecule has 0 aliphatic rings. The van der Waals surface area contributed by atoms with Gasteiger partial charge in [-0.15, -0.1) is 6.58 Å². The maximum absolute atomic E-state index is 13.1. The first-order chi connectivity index (χ1) is 6.52. The van der Waals surface area contributed by atoms with E-state index in [1.54, 1.807) is 0 Å². The smallest absolute Gasteiger partial charge is 0.277 e.